The zero-order valence-electron chi connectivity index (χ0n) is 9.75. The first kappa shape index (κ1) is 13.4. The molecule has 0 aliphatic carbocycles. The number of carboxylic acid groups (broad SMARTS) is 1. The second-order valence-electron chi connectivity index (χ2n) is 4.15. The second-order valence-corrected chi connectivity index (χ2v) is 6.14. The minimum atomic E-state index is -3.48. The van der Waals surface area contributed by atoms with Crippen LogP contribution in [-0.2, 0) is 15.0 Å². The van der Waals surface area contributed by atoms with Gasteiger partial charge in [0.15, 0.2) is 0 Å². The van der Waals surface area contributed by atoms with Crippen molar-refractivity contribution in [1.82, 2.24) is 8.61 Å². The molecule has 0 aromatic rings. The van der Waals surface area contributed by atoms with Crippen LogP contribution in [0.25, 0.3) is 0 Å². The lowest BCUT2D eigenvalue weighted by Crippen LogP contribution is -2.56. The molecule has 6 nitrogen and oxygen atoms in total. The average molecular weight is 250 g/mol. The van der Waals surface area contributed by atoms with E-state index in [2.05, 4.69) is 0 Å². The molecular formula is C9H18N2O4S. The Kier molecular flexibility index (Phi) is 3.92. The lowest BCUT2D eigenvalue weighted by atomic mass is 10.1. The summed E-state index contributed by atoms with van der Waals surface area (Å²) in [4.78, 5) is 10.9. The Morgan fingerprint density at radius 1 is 1.50 bits per heavy atom. The standard InChI is InChI=1S/C9H18N2O4S/c1-4-7(2)11-6-8(9(12)13)5-10(3)16(11,14)15/h7-8H,4-6H2,1-3H3,(H,12,13). The van der Waals surface area contributed by atoms with Gasteiger partial charge >= 0.3 is 5.97 Å². The molecule has 7 heteroatoms. The van der Waals surface area contributed by atoms with E-state index in [9.17, 15) is 13.2 Å². The summed E-state index contributed by atoms with van der Waals surface area (Å²) in [5.74, 6) is -1.60. The molecule has 0 aromatic carbocycles. The van der Waals surface area contributed by atoms with Crippen LogP contribution in [0.4, 0.5) is 0 Å². The van der Waals surface area contributed by atoms with E-state index in [0.29, 0.717) is 6.42 Å². The van der Waals surface area contributed by atoms with E-state index < -0.39 is 22.1 Å². The van der Waals surface area contributed by atoms with Crippen LogP contribution in [-0.4, -0.2) is 54.3 Å². The predicted molar refractivity (Wildman–Crippen MR) is 59.1 cm³/mol. The van der Waals surface area contributed by atoms with Crippen molar-refractivity contribution >= 4 is 16.2 Å². The molecule has 16 heavy (non-hydrogen) atoms. The number of aliphatic carboxylic acids is 1. The summed E-state index contributed by atoms with van der Waals surface area (Å²) in [6.07, 6.45) is 0.666. The van der Waals surface area contributed by atoms with Crippen LogP contribution in [0.5, 0.6) is 0 Å². The summed E-state index contributed by atoms with van der Waals surface area (Å²) < 4.78 is 26.3. The van der Waals surface area contributed by atoms with Gasteiger partial charge in [-0.15, -0.1) is 0 Å². The smallest absolute Gasteiger partial charge is 0.309 e. The molecule has 0 saturated carbocycles. The van der Waals surface area contributed by atoms with Gasteiger partial charge < -0.3 is 5.11 Å². The Bertz CT molecular complexity index is 368. The highest BCUT2D eigenvalue weighted by Gasteiger charge is 2.40. The highest BCUT2D eigenvalue weighted by Crippen LogP contribution is 2.22. The number of hydrogen-bond acceptors (Lipinski definition) is 3. The highest BCUT2D eigenvalue weighted by atomic mass is 32.2. The molecule has 1 N–H and O–H groups in total. The summed E-state index contributed by atoms with van der Waals surface area (Å²) in [7, 11) is -2.06. The first-order valence-electron chi connectivity index (χ1n) is 5.26. The van der Waals surface area contributed by atoms with Gasteiger partial charge in [-0.3, -0.25) is 4.79 Å². The average Bonchev–Trinajstić information content (AvgIpc) is 2.20. The van der Waals surface area contributed by atoms with Crippen molar-refractivity contribution in [2.24, 2.45) is 5.92 Å². The van der Waals surface area contributed by atoms with E-state index >= 15 is 0 Å². The van der Waals surface area contributed by atoms with Crippen LogP contribution in [0.1, 0.15) is 20.3 Å². The largest absolute Gasteiger partial charge is 0.481 e. The van der Waals surface area contributed by atoms with Crippen LogP contribution in [0, 0.1) is 5.92 Å². The Hall–Kier alpha value is -0.660. The zero-order valence-corrected chi connectivity index (χ0v) is 10.6. The molecular weight excluding hydrogens is 232 g/mol. The van der Waals surface area contributed by atoms with Gasteiger partial charge in [-0.05, 0) is 13.3 Å². The molecule has 1 aliphatic heterocycles. The topological polar surface area (TPSA) is 77.9 Å². The molecule has 2 atom stereocenters. The van der Waals surface area contributed by atoms with Crippen molar-refractivity contribution in [2.45, 2.75) is 26.3 Å². The van der Waals surface area contributed by atoms with Crippen molar-refractivity contribution in [3.05, 3.63) is 0 Å². The normalized spacial score (nSPS) is 28.8. The minimum Gasteiger partial charge on any atom is -0.481 e. The van der Waals surface area contributed by atoms with Gasteiger partial charge in [-0.25, -0.2) is 0 Å². The number of rotatable bonds is 3. The van der Waals surface area contributed by atoms with Crippen LogP contribution >= 0.6 is 0 Å². The molecule has 94 valence electrons. The minimum absolute atomic E-state index is 0.0462. The molecule has 0 spiro atoms. The maximum Gasteiger partial charge on any atom is 0.309 e. The first-order valence-corrected chi connectivity index (χ1v) is 6.66. The predicted octanol–water partition coefficient (Wildman–Crippen LogP) is -0.0221. The fourth-order valence-electron chi connectivity index (χ4n) is 1.72. The number of hydrogen-bond donors (Lipinski definition) is 1. The Morgan fingerprint density at radius 2 is 2.06 bits per heavy atom. The van der Waals surface area contributed by atoms with Gasteiger partial charge in [0, 0.05) is 26.2 Å². The van der Waals surface area contributed by atoms with Gasteiger partial charge in [0.1, 0.15) is 0 Å². The second kappa shape index (κ2) is 4.68. The third-order valence-electron chi connectivity index (χ3n) is 3.00. The zero-order chi connectivity index (χ0) is 12.5. The Balaban J connectivity index is 2.98. The monoisotopic (exact) mass is 250 g/mol. The molecule has 0 radical (unpaired) electrons. The lowest BCUT2D eigenvalue weighted by molar-refractivity contribution is -0.142. The molecule has 1 rings (SSSR count). The molecule has 0 bridgehead atoms. The number of carbonyl (C=O) groups is 1. The van der Waals surface area contributed by atoms with Gasteiger partial charge in [-0.2, -0.15) is 17.0 Å². The summed E-state index contributed by atoms with van der Waals surface area (Å²) in [5.41, 5.74) is 0. The maximum atomic E-state index is 11.9. The molecule has 0 aromatic heterocycles. The fraction of sp³-hybridized carbons (Fsp3) is 0.889. The van der Waals surface area contributed by atoms with Crippen molar-refractivity contribution in [1.29, 1.82) is 0 Å². The SMILES string of the molecule is CCC(C)N1CC(C(=O)O)CN(C)S1(=O)=O. The molecule has 2 unspecified atom stereocenters. The van der Waals surface area contributed by atoms with Crippen LogP contribution < -0.4 is 0 Å². The van der Waals surface area contributed by atoms with Crippen molar-refractivity contribution in [2.75, 3.05) is 20.1 Å². The van der Waals surface area contributed by atoms with E-state index in [1.54, 1.807) is 6.92 Å². The summed E-state index contributed by atoms with van der Waals surface area (Å²) in [6.45, 7) is 3.78. The third kappa shape index (κ3) is 2.36. The fourth-order valence-corrected chi connectivity index (χ4v) is 3.42. The van der Waals surface area contributed by atoms with Crippen LogP contribution in [0.3, 0.4) is 0 Å². The highest BCUT2D eigenvalue weighted by molar-refractivity contribution is 7.86. The number of nitrogens with zero attached hydrogens (tertiary/aromatic N) is 2. The first-order chi connectivity index (χ1) is 7.30. The molecule has 1 aliphatic rings. The van der Waals surface area contributed by atoms with E-state index in [1.165, 1.54) is 11.4 Å². The van der Waals surface area contributed by atoms with Gasteiger partial charge in [0.05, 0.1) is 5.92 Å². The van der Waals surface area contributed by atoms with E-state index in [4.69, 9.17) is 5.11 Å². The lowest BCUT2D eigenvalue weighted by Gasteiger charge is -2.38. The van der Waals surface area contributed by atoms with E-state index in [-0.39, 0.29) is 19.1 Å². The maximum absolute atomic E-state index is 11.9. The van der Waals surface area contributed by atoms with Crippen LogP contribution in [0.15, 0.2) is 0 Å². The Morgan fingerprint density at radius 3 is 2.50 bits per heavy atom. The summed E-state index contributed by atoms with van der Waals surface area (Å²) >= 11 is 0. The summed E-state index contributed by atoms with van der Waals surface area (Å²) in [6, 6.07) is -0.172. The van der Waals surface area contributed by atoms with Crippen molar-refractivity contribution < 1.29 is 18.3 Å². The third-order valence-corrected chi connectivity index (χ3v) is 5.04. The number of carboxylic acids is 1. The van der Waals surface area contributed by atoms with Gasteiger partial charge in [0.2, 0.25) is 0 Å². The summed E-state index contributed by atoms with van der Waals surface area (Å²) in [5, 5.41) is 8.95. The van der Waals surface area contributed by atoms with Crippen molar-refractivity contribution in [3.63, 3.8) is 0 Å². The molecule has 1 saturated heterocycles. The van der Waals surface area contributed by atoms with Gasteiger partial charge in [-0.1, -0.05) is 6.92 Å². The quantitative estimate of drug-likeness (QED) is 0.763. The molecule has 1 fully saturated rings. The molecule has 0 amide bonds. The van der Waals surface area contributed by atoms with Crippen LogP contribution in [0.2, 0.25) is 0 Å². The van der Waals surface area contributed by atoms with E-state index in [1.807, 2.05) is 6.92 Å². The van der Waals surface area contributed by atoms with E-state index in [0.717, 1.165) is 4.31 Å². The Labute approximate surface area is 96.0 Å². The van der Waals surface area contributed by atoms with Gasteiger partial charge in [0.25, 0.3) is 10.2 Å². The van der Waals surface area contributed by atoms with Crippen molar-refractivity contribution in [3.8, 4) is 0 Å². The molecule has 1 heterocycles.